The molecule has 232 valence electrons. The van der Waals surface area contributed by atoms with Crippen LogP contribution in [-0.2, 0) is 12.7 Å². The first-order valence-corrected chi connectivity index (χ1v) is 14.4. The Morgan fingerprint density at radius 3 is 2.48 bits per heavy atom. The largest absolute Gasteiger partial charge is 0.416 e. The summed E-state index contributed by atoms with van der Waals surface area (Å²) in [5.41, 5.74) is 6.62. The van der Waals surface area contributed by atoms with Gasteiger partial charge in [0.25, 0.3) is 0 Å². The number of hydrogen-bond acceptors (Lipinski definition) is 7. The molecule has 14 heteroatoms. The maximum atomic E-state index is 15.2. The predicted octanol–water partition coefficient (Wildman–Crippen LogP) is 4.77. The van der Waals surface area contributed by atoms with Crippen LogP contribution >= 0.6 is 0 Å². The molecule has 44 heavy (non-hydrogen) atoms. The van der Waals surface area contributed by atoms with Crippen LogP contribution in [0.15, 0.2) is 48.8 Å². The van der Waals surface area contributed by atoms with E-state index in [1.807, 2.05) is 9.30 Å². The van der Waals surface area contributed by atoms with Crippen molar-refractivity contribution in [1.29, 1.82) is 0 Å². The first-order chi connectivity index (χ1) is 21.1. The molecule has 6 rings (SSSR count). The average Bonchev–Trinajstić information content (AvgIpc) is 3.75. The summed E-state index contributed by atoms with van der Waals surface area (Å²) < 4.78 is 59.0. The molecular formula is C30H32F4N8O2. The number of nitrogens with one attached hydrogen (secondary N) is 2. The summed E-state index contributed by atoms with van der Waals surface area (Å²) in [4.78, 5) is 25.6. The van der Waals surface area contributed by atoms with E-state index in [1.165, 1.54) is 24.3 Å². The van der Waals surface area contributed by atoms with Crippen molar-refractivity contribution in [1.82, 2.24) is 24.2 Å². The topological polar surface area (TPSA) is 124 Å². The van der Waals surface area contributed by atoms with E-state index in [2.05, 4.69) is 20.5 Å². The molecule has 0 unspecified atom stereocenters. The second kappa shape index (κ2) is 12.0. The molecule has 2 amide bonds. The molecule has 0 spiro atoms. The van der Waals surface area contributed by atoms with E-state index in [0.29, 0.717) is 55.4 Å². The second-order valence-corrected chi connectivity index (χ2v) is 11.1. The lowest BCUT2D eigenvalue weighted by Gasteiger charge is -2.34. The van der Waals surface area contributed by atoms with E-state index in [4.69, 9.17) is 15.8 Å². The summed E-state index contributed by atoms with van der Waals surface area (Å²) in [5, 5.41) is 13.9. The van der Waals surface area contributed by atoms with Gasteiger partial charge in [0.05, 0.1) is 17.9 Å². The van der Waals surface area contributed by atoms with Crippen LogP contribution in [0.5, 0.6) is 0 Å². The number of β-amino-alcohol motifs (C(OH)–C–C–N with tert-alkyl or cyclic N) is 1. The minimum atomic E-state index is -4.64. The third-order valence-electron chi connectivity index (χ3n) is 7.99. The van der Waals surface area contributed by atoms with Crippen LogP contribution in [0.3, 0.4) is 0 Å². The van der Waals surface area contributed by atoms with Gasteiger partial charge in [-0.2, -0.15) is 13.2 Å². The molecule has 1 aliphatic carbocycles. The molecule has 5 N–H and O–H groups in total. The summed E-state index contributed by atoms with van der Waals surface area (Å²) in [6, 6.07) is 6.91. The van der Waals surface area contributed by atoms with Crippen LogP contribution in [0.25, 0.3) is 16.8 Å². The molecule has 1 saturated carbocycles. The number of nitrogens with two attached hydrogens (primary N) is 1. The molecule has 2 aromatic heterocycles. The van der Waals surface area contributed by atoms with Gasteiger partial charge in [-0.05, 0) is 42.7 Å². The summed E-state index contributed by atoms with van der Waals surface area (Å²) in [6.07, 6.45) is 0.719. The van der Waals surface area contributed by atoms with Crippen LogP contribution in [-0.4, -0.2) is 74.6 Å². The van der Waals surface area contributed by atoms with E-state index in [0.717, 1.165) is 24.7 Å². The number of hydrogen-bond donors (Lipinski definition) is 4. The molecule has 0 radical (unpaired) electrons. The quantitative estimate of drug-likeness (QED) is 0.212. The monoisotopic (exact) mass is 612 g/mol. The van der Waals surface area contributed by atoms with Crippen molar-refractivity contribution in [3.05, 3.63) is 71.6 Å². The third-order valence-corrected chi connectivity index (χ3v) is 7.99. The number of halogens is 4. The van der Waals surface area contributed by atoms with Crippen molar-refractivity contribution in [2.24, 2.45) is 0 Å². The van der Waals surface area contributed by atoms with Crippen molar-refractivity contribution in [2.75, 3.05) is 55.7 Å². The fourth-order valence-corrected chi connectivity index (χ4v) is 5.58. The Morgan fingerprint density at radius 2 is 1.80 bits per heavy atom. The van der Waals surface area contributed by atoms with Crippen LogP contribution in [0, 0.1) is 5.82 Å². The van der Waals surface area contributed by atoms with E-state index in [-0.39, 0.29) is 35.9 Å². The highest BCUT2D eigenvalue weighted by Gasteiger charge is 2.34. The fourth-order valence-electron chi connectivity index (χ4n) is 5.58. The van der Waals surface area contributed by atoms with Gasteiger partial charge in [-0.15, -0.1) is 0 Å². The zero-order chi connectivity index (χ0) is 31.0. The molecule has 3 heterocycles. The number of imidazole rings is 1. The minimum absolute atomic E-state index is 0.0374. The van der Waals surface area contributed by atoms with E-state index < -0.39 is 23.6 Å². The van der Waals surface area contributed by atoms with Crippen LogP contribution in [0.2, 0.25) is 0 Å². The number of alkyl halides is 3. The SMILES string of the molecule is Nc1nccn2c(C3CC3)nc(-c3ccc(NC(=O)Nc4ccc(CN5CCN(CCO)CC5)c(C(F)(F)F)c4)c(F)c3)c12. The Kier molecular flexibility index (Phi) is 8.14. The first kappa shape index (κ1) is 29.8. The Morgan fingerprint density at radius 1 is 1.05 bits per heavy atom. The molecule has 10 nitrogen and oxygen atoms in total. The minimum Gasteiger partial charge on any atom is -0.395 e. The molecule has 4 aromatic rings. The highest BCUT2D eigenvalue weighted by Crippen LogP contribution is 2.42. The van der Waals surface area contributed by atoms with Gasteiger partial charge in [0.15, 0.2) is 0 Å². The second-order valence-electron chi connectivity index (χ2n) is 11.1. The van der Waals surface area contributed by atoms with Crippen LogP contribution < -0.4 is 16.4 Å². The number of piperazine rings is 1. The number of aromatic nitrogens is 3. The van der Waals surface area contributed by atoms with Crippen molar-refractivity contribution in [2.45, 2.75) is 31.5 Å². The van der Waals surface area contributed by atoms with E-state index >= 15 is 4.39 Å². The standard InChI is InChI=1S/C30H32F4N8O2/c31-23-15-19(25-26-27(35)36-7-8-42(26)28(39-25)18-1-2-18)4-6-24(23)38-29(44)37-21-5-3-20(22(16-21)30(32,33)34)17-41-11-9-40(10-12-41)13-14-43/h3-8,15-16,18,43H,1-2,9-14,17H2,(H2,35,36)(H2,37,38,44). The molecule has 2 aliphatic rings. The molecule has 0 bridgehead atoms. The van der Waals surface area contributed by atoms with Gasteiger partial charge in [-0.1, -0.05) is 12.1 Å². The van der Waals surface area contributed by atoms with Gasteiger partial charge in [-0.3, -0.25) is 14.2 Å². The number of benzene rings is 2. The Hall–Kier alpha value is -4.27. The number of urea groups is 1. The third kappa shape index (κ3) is 6.32. The van der Waals surface area contributed by atoms with Gasteiger partial charge < -0.3 is 21.5 Å². The highest BCUT2D eigenvalue weighted by atomic mass is 19.4. The molecular weight excluding hydrogens is 580 g/mol. The summed E-state index contributed by atoms with van der Waals surface area (Å²) in [6.45, 7) is 3.14. The summed E-state index contributed by atoms with van der Waals surface area (Å²) in [5.74, 6) is 0.636. The van der Waals surface area contributed by atoms with Crippen molar-refractivity contribution >= 4 is 28.7 Å². The average molecular weight is 613 g/mol. The normalized spacial score (nSPS) is 16.4. The van der Waals surface area contributed by atoms with Gasteiger partial charge in [0.2, 0.25) is 0 Å². The number of aliphatic hydroxyl groups is 1. The summed E-state index contributed by atoms with van der Waals surface area (Å²) >= 11 is 0. The van der Waals surface area contributed by atoms with Crippen LogP contribution in [0.1, 0.15) is 35.7 Å². The number of carbonyl (C=O) groups is 1. The maximum absolute atomic E-state index is 15.2. The lowest BCUT2D eigenvalue weighted by molar-refractivity contribution is -0.138. The lowest BCUT2D eigenvalue weighted by atomic mass is 10.0. The molecule has 0 atom stereocenters. The molecule has 2 aromatic carbocycles. The summed E-state index contributed by atoms with van der Waals surface area (Å²) in [7, 11) is 0. The first-order valence-electron chi connectivity index (χ1n) is 14.4. The zero-order valence-corrected chi connectivity index (χ0v) is 23.7. The fraction of sp³-hybridized carbons (Fsp3) is 0.367. The predicted molar refractivity (Wildman–Crippen MR) is 158 cm³/mol. The van der Waals surface area contributed by atoms with Crippen LogP contribution in [0.4, 0.5) is 39.5 Å². The van der Waals surface area contributed by atoms with E-state index in [9.17, 15) is 18.0 Å². The van der Waals surface area contributed by atoms with Crippen molar-refractivity contribution < 1.29 is 27.5 Å². The van der Waals surface area contributed by atoms with Crippen molar-refractivity contribution in [3.63, 3.8) is 0 Å². The number of amides is 2. The van der Waals surface area contributed by atoms with Gasteiger partial charge in [0.1, 0.15) is 28.7 Å². The molecule has 1 saturated heterocycles. The lowest BCUT2D eigenvalue weighted by Crippen LogP contribution is -2.46. The number of rotatable bonds is 8. The van der Waals surface area contributed by atoms with Gasteiger partial charge in [-0.25, -0.2) is 19.2 Å². The number of aliphatic hydroxyl groups excluding tert-OH is 1. The number of fused-ring (bicyclic) bond motifs is 1. The van der Waals surface area contributed by atoms with Crippen molar-refractivity contribution in [3.8, 4) is 11.3 Å². The van der Waals surface area contributed by atoms with Gasteiger partial charge >= 0.3 is 12.2 Å². The number of nitrogens with zero attached hydrogens (tertiary/aromatic N) is 5. The van der Waals surface area contributed by atoms with Gasteiger partial charge in [0, 0.05) is 68.8 Å². The maximum Gasteiger partial charge on any atom is 0.416 e. The highest BCUT2D eigenvalue weighted by molar-refractivity contribution is 6.00. The molecule has 1 aliphatic heterocycles. The number of nitrogen functional groups attached to an aromatic ring is 1. The van der Waals surface area contributed by atoms with E-state index in [1.54, 1.807) is 18.5 Å². The molecule has 2 fully saturated rings. The Bertz CT molecular complexity index is 1680. The number of anilines is 3. The smallest absolute Gasteiger partial charge is 0.395 e. The zero-order valence-electron chi connectivity index (χ0n) is 23.7. The number of carbonyl (C=O) groups excluding carboxylic acids is 1. The Balaban J connectivity index is 1.15. The Labute approximate surface area is 250 Å².